The first kappa shape index (κ1) is 16.3. The molecule has 0 saturated carbocycles. The molecule has 0 aliphatic heterocycles. The Kier molecular flexibility index (Phi) is 4.33. The number of carbonyl (C=O) groups excluding carboxylic acids is 1. The van der Waals surface area contributed by atoms with Gasteiger partial charge in [-0.2, -0.15) is 21.6 Å². The van der Waals surface area contributed by atoms with Gasteiger partial charge >= 0.3 is 15.5 Å². The van der Waals surface area contributed by atoms with E-state index < -0.39 is 15.5 Å². The number of benzene rings is 1. The zero-order chi connectivity index (χ0) is 15.7. The van der Waals surface area contributed by atoms with Gasteiger partial charge in [0.05, 0.1) is 5.69 Å². The van der Waals surface area contributed by atoms with Crippen LogP contribution >= 0.6 is 0 Å². The van der Waals surface area contributed by atoms with Gasteiger partial charge in [0.1, 0.15) is 0 Å². The molecule has 0 aromatic heterocycles. The van der Waals surface area contributed by atoms with E-state index >= 15 is 0 Å². The number of aryl methyl sites for hydroxylation is 1. The summed E-state index contributed by atoms with van der Waals surface area (Å²) in [5.74, 6) is -0.335. The third kappa shape index (κ3) is 3.41. The molecular weight excluding hydrogens is 297 g/mol. The van der Waals surface area contributed by atoms with Crippen molar-refractivity contribution in [1.82, 2.24) is 4.90 Å². The maximum absolute atomic E-state index is 12.3. The number of anilines is 1. The van der Waals surface area contributed by atoms with E-state index in [-0.39, 0.29) is 22.7 Å². The molecule has 0 heterocycles. The average Bonchev–Trinajstić information content (AvgIpc) is 2.29. The minimum Gasteiger partial charge on any atom is -0.345 e. The lowest BCUT2D eigenvalue weighted by molar-refractivity contribution is -0.0429. The van der Waals surface area contributed by atoms with Crippen molar-refractivity contribution in [3.8, 4) is 0 Å². The summed E-state index contributed by atoms with van der Waals surface area (Å²) >= 11 is 0. The van der Waals surface area contributed by atoms with Gasteiger partial charge in [0.25, 0.3) is 5.91 Å². The molecule has 5 nitrogen and oxygen atoms in total. The molecule has 9 heteroatoms. The van der Waals surface area contributed by atoms with Crippen LogP contribution in [0.25, 0.3) is 0 Å². The molecule has 1 aromatic carbocycles. The molecule has 0 atom stereocenters. The van der Waals surface area contributed by atoms with Crippen LogP contribution in [0.1, 0.15) is 15.9 Å². The van der Waals surface area contributed by atoms with Crippen LogP contribution in [0.15, 0.2) is 18.2 Å². The summed E-state index contributed by atoms with van der Waals surface area (Å²) in [5.41, 5.74) is -5.15. The van der Waals surface area contributed by atoms with Gasteiger partial charge in [-0.05, 0) is 30.7 Å². The highest BCUT2D eigenvalue weighted by atomic mass is 32.2. The number of nitrogens with zero attached hydrogens (tertiary/aromatic N) is 1. The summed E-state index contributed by atoms with van der Waals surface area (Å²) in [6, 6.07) is 3.69. The highest BCUT2D eigenvalue weighted by Gasteiger charge is 2.46. The number of halogens is 3. The Morgan fingerprint density at radius 3 is 2.20 bits per heavy atom. The van der Waals surface area contributed by atoms with E-state index in [1.54, 1.807) is 0 Å². The van der Waals surface area contributed by atoms with Gasteiger partial charge in [-0.1, -0.05) is 0 Å². The Morgan fingerprint density at radius 1 is 1.25 bits per heavy atom. The fraction of sp³-hybridized carbons (Fsp3) is 0.364. The molecule has 0 aliphatic rings. The van der Waals surface area contributed by atoms with E-state index in [4.69, 9.17) is 0 Å². The number of amides is 1. The number of nitrogens with one attached hydrogen (secondary N) is 1. The molecule has 0 saturated heterocycles. The largest absolute Gasteiger partial charge is 0.516 e. The molecule has 0 unspecified atom stereocenters. The van der Waals surface area contributed by atoms with Crippen LogP contribution in [0.3, 0.4) is 0 Å². The number of hydrogen-bond donors (Lipinski definition) is 1. The molecule has 1 amide bonds. The van der Waals surface area contributed by atoms with Crippen molar-refractivity contribution in [2.24, 2.45) is 0 Å². The lowest BCUT2D eigenvalue weighted by Gasteiger charge is -2.14. The van der Waals surface area contributed by atoms with Crippen molar-refractivity contribution in [3.63, 3.8) is 0 Å². The van der Waals surface area contributed by atoms with Gasteiger partial charge in [0.2, 0.25) is 0 Å². The molecule has 0 bridgehead atoms. The summed E-state index contributed by atoms with van der Waals surface area (Å²) in [6.45, 7) is 1.40. The molecular formula is C11H13F3N2O3S. The van der Waals surface area contributed by atoms with Crippen LogP contribution in [0, 0.1) is 6.92 Å². The van der Waals surface area contributed by atoms with E-state index in [0.29, 0.717) is 0 Å². The molecule has 1 aromatic rings. The van der Waals surface area contributed by atoms with Gasteiger partial charge < -0.3 is 4.90 Å². The third-order valence-electron chi connectivity index (χ3n) is 2.43. The number of sulfonamides is 1. The Labute approximate surface area is 114 Å². The van der Waals surface area contributed by atoms with Crippen molar-refractivity contribution >= 4 is 21.6 Å². The number of carbonyl (C=O) groups is 1. The van der Waals surface area contributed by atoms with Crippen molar-refractivity contribution in [2.75, 3.05) is 18.8 Å². The predicted octanol–water partition coefficient (Wildman–Crippen LogP) is 1.96. The second-order valence-electron chi connectivity index (χ2n) is 4.28. The lowest BCUT2D eigenvalue weighted by atomic mass is 10.1. The summed E-state index contributed by atoms with van der Waals surface area (Å²) in [7, 11) is -2.42. The second kappa shape index (κ2) is 5.31. The summed E-state index contributed by atoms with van der Waals surface area (Å²) in [5, 5.41) is 0. The van der Waals surface area contributed by atoms with E-state index in [0.717, 1.165) is 6.07 Å². The molecule has 112 valence electrons. The normalized spacial score (nSPS) is 12.1. The van der Waals surface area contributed by atoms with E-state index in [2.05, 4.69) is 0 Å². The standard InChI is InChI=1S/C11H13F3N2O3S/c1-7-6-8(10(17)16(2)3)4-5-9(7)15-20(18,19)11(12,13)14/h4-6,15H,1-3H3. The van der Waals surface area contributed by atoms with Gasteiger partial charge in [-0.3, -0.25) is 9.52 Å². The van der Waals surface area contributed by atoms with Crippen LogP contribution in [-0.2, 0) is 10.0 Å². The smallest absolute Gasteiger partial charge is 0.345 e. The summed E-state index contributed by atoms with van der Waals surface area (Å²) in [4.78, 5) is 13.0. The quantitative estimate of drug-likeness (QED) is 0.928. The van der Waals surface area contributed by atoms with Crippen molar-refractivity contribution < 1.29 is 26.4 Å². The molecule has 0 aliphatic carbocycles. The SMILES string of the molecule is Cc1cc(C(=O)N(C)C)ccc1NS(=O)(=O)C(F)(F)F. The maximum Gasteiger partial charge on any atom is 0.516 e. The Hall–Kier alpha value is -1.77. The molecule has 1 N–H and O–H groups in total. The Bertz CT molecular complexity index is 624. The third-order valence-corrected chi connectivity index (χ3v) is 3.53. The van der Waals surface area contributed by atoms with Crippen molar-refractivity contribution in [3.05, 3.63) is 29.3 Å². The van der Waals surface area contributed by atoms with Gasteiger partial charge in [0, 0.05) is 19.7 Å². The number of rotatable bonds is 3. The fourth-order valence-corrected chi connectivity index (χ4v) is 2.01. The predicted molar refractivity (Wildman–Crippen MR) is 67.8 cm³/mol. The molecule has 0 radical (unpaired) electrons. The Morgan fingerprint density at radius 2 is 1.80 bits per heavy atom. The average molecular weight is 310 g/mol. The van der Waals surface area contributed by atoms with Crippen LogP contribution in [-0.4, -0.2) is 38.8 Å². The first-order chi connectivity index (χ1) is 8.95. The van der Waals surface area contributed by atoms with Crippen molar-refractivity contribution in [1.29, 1.82) is 0 Å². The van der Waals surface area contributed by atoms with Gasteiger partial charge in [-0.25, -0.2) is 0 Å². The number of hydrogen-bond acceptors (Lipinski definition) is 3. The van der Waals surface area contributed by atoms with Crippen LogP contribution in [0.2, 0.25) is 0 Å². The molecule has 0 fully saturated rings. The van der Waals surface area contributed by atoms with E-state index in [1.165, 1.54) is 42.8 Å². The zero-order valence-corrected chi connectivity index (χ0v) is 11.8. The Balaban J connectivity index is 3.10. The summed E-state index contributed by atoms with van der Waals surface area (Å²) in [6.07, 6.45) is 0. The van der Waals surface area contributed by atoms with Crippen molar-refractivity contribution in [2.45, 2.75) is 12.4 Å². The van der Waals surface area contributed by atoms with E-state index in [1.807, 2.05) is 0 Å². The highest BCUT2D eigenvalue weighted by molar-refractivity contribution is 7.93. The maximum atomic E-state index is 12.3. The lowest BCUT2D eigenvalue weighted by Crippen LogP contribution is -2.30. The topological polar surface area (TPSA) is 66.5 Å². The second-order valence-corrected chi connectivity index (χ2v) is 5.95. The zero-order valence-electron chi connectivity index (χ0n) is 10.9. The van der Waals surface area contributed by atoms with E-state index in [9.17, 15) is 26.4 Å². The first-order valence-electron chi connectivity index (χ1n) is 5.37. The fourth-order valence-electron chi connectivity index (χ4n) is 1.37. The number of alkyl halides is 3. The minimum atomic E-state index is -5.47. The molecule has 0 spiro atoms. The first-order valence-corrected chi connectivity index (χ1v) is 6.85. The molecule has 1 rings (SSSR count). The minimum absolute atomic E-state index is 0.213. The monoisotopic (exact) mass is 310 g/mol. The highest BCUT2D eigenvalue weighted by Crippen LogP contribution is 2.27. The van der Waals surface area contributed by atoms with Gasteiger partial charge in [-0.15, -0.1) is 0 Å². The van der Waals surface area contributed by atoms with Crippen LogP contribution in [0.5, 0.6) is 0 Å². The van der Waals surface area contributed by atoms with Gasteiger partial charge in [0.15, 0.2) is 0 Å². The van der Waals surface area contributed by atoms with Crippen LogP contribution in [0.4, 0.5) is 18.9 Å². The summed E-state index contributed by atoms with van der Waals surface area (Å²) < 4.78 is 60.2. The molecule has 20 heavy (non-hydrogen) atoms. The van der Waals surface area contributed by atoms with Crippen LogP contribution < -0.4 is 4.72 Å².